The summed E-state index contributed by atoms with van der Waals surface area (Å²) in [5, 5.41) is 4.10. The number of pyridine rings is 1. The van der Waals surface area contributed by atoms with Crippen molar-refractivity contribution in [2.45, 2.75) is 23.4 Å². The molecule has 192 valence electrons. The van der Waals surface area contributed by atoms with Crippen molar-refractivity contribution in [1.29, 1.82) is 0 Å². The van der Waals surface area contributed by atoms with Gasteiger partial charge in [-0.3, -0.25) is 9.40 Å². The number of nitrogens with zero attached hydrogens (tertiary/aromatic N) is 3. The van der Waals surface area contributed by atoms with Crippen molar-refractivity contribution in [3.8, 4) is 17.0 Å². The predicted octanol–water partition coefficient (Wildman–Crippen LogP) is 5.36. The summed E-state index contributed by atoms with van der Waals surface area (Å²) in [6, 6.07) is 11.9. The van der Waals surface area contributed by atoms with Crippen LogP contribution in [0, 0.1) is 5.82 Å². The Morgan fingerprint density at radius 3 is 2.54 bits per heavy atom. The summed E-state index contributed by atoms with van der Waals surface area (Å²) in [4.78, 5) is 3.54. The van der Waals surface area contributed by atoms with E-state index in [2.05, 4.69) is 14.8 Å². The molecule has 0 radical (unpaired) electrons. The molecule has 1 aliphatic heterocycles. The molecule has 7 nitrogen and oxygen atoms in total. The molecule has 5 rings (SSSR count). The zero-order valence-electron chi connectivity index (χ0n) is 19.3. The highest BCUT2D eigenvalue weighted by Crippen LogP contribution is 2.44. The number of fused-ring (bicyclic) bond motifs is 1. The minimum atomic E-state index is -4.52. The van der Waals surface area contributed by atoms with Crippen molar-refractivity contribution >= 4 is 15.8 Å². The Kier molecular flexibility index (Phi) is 6.14. The summed E-state index contributed by atoms with van der Waals surface area (Å²) in [5.41, 5.74) is 1.35. The molecule has 0 aliphatic carbocycles. The smallest absolute Gasteiger partial charge is 0.416 e. The first-order chi connectivity index (χ1) is 17.5. The van der Waals surface area contributed by atoms with Gasteiger partial charge >= 0.3 is 6.18 Å². The highest BCUT2D eigenvalue weighted by molar-refractivity contribution is 7.92. The van der Waals surface area contributed by atoms with Crippen LogP contribution in [0.1, 0.15) is 29.0 Å². The topological polar surface area (TPSA) is 86.1 Å². The molecule has 1 aliphatic rings. The monoisotopic (exact) mass is 532 g/mol. The van der Waals surface area contributed by atoms with Crippen molar-refractivity contribution in [1.82, 2.24) is 14.8 Å². The second-order valence-corrected chi connectivity index (χ2v) is 10.2. The van der Waals surface area contributed by atoms with E-state index in [9.17, 15) is 26.0 Å². The van der Waals surface area contributed by atoms with Gasteiger partial charge in [-0.15, -0.1) is 0 Å². The Hall–Kier alpha value is -3.93. The van der Waals surface area contributed by atoms with E-state index in [1.807, 2.05) is 0 Å². The van der Waals surface area contributed by atoms with Crippen molar-refractivity contribution in [3.63, 3.8) is 0 Å². The minimum Gasteiger partial charge on any atom is -0.493 e. The quantitative estimate of drug-likeness (QED) is 0.350. The number of hydrogen-bond donors (Lipinski definition) is 1. The molecule has 2 aromatic heterocycles. The second-order valence-electron chi connectivity index (χ2n) is 8.47. The van der Waals surface area contributed by atoms with E-state index < -0.39 is 33.4 Å². The van der Waals surface area contributed by atoms with Crippen LogP contribution in [0.4, 0.5) is 23.4 Å². The molecule has 2 aromatic carbocycles. The fraction of sp³-hybridized carbons (Fsp3) is 0.200. The SMILES string of the molecule is Cn1nccc1-c1cc(C(F)(F)F)ccc1[C@@H]1CCOc2cc(S(=O)(=O)Nc3ncccc3F)ccc21. The lowest BCUT2D eigenvalue weighted by molar-refractivity contribution is -0.137. The van der Waals surface area contributed by atoms with Crippen molar-refractivity contribution < 1.29 is 30.7 Å². The minimum absolute atomic E-state index is 0.170. The average Bonchev–Trinajstić information content (AvgIpc) is 3.29. The number of alkyl halides is 3. The molecule has 0 saturated heterocycles. The number of hydrogen-bond acceptors (Lipinski definition) is 5. The Labute approximate surface area is 209 Å². The van der Waals surface area contributed by atoms with Crippen LogP contribution in [-0.4, -0.2) is 29.8 Å². The zero-order valence-corrected chi connectivity index (χ0v) is 20.1. The van der Waals surface area contributed by atoms with E-state index in [4.69, 9.17) is 4.74 Å². The molecular formula is C25H20F4N4O3S. The van der Waals surface area contributed by atoms with Gasteiger partial charge in [-0.2, -0.15) is 18.3 Å². The van der Waals surface area contributed by atoms with Crippen LogP contribution >= 0.6 is 0 Å². The summed E-state index contributed by atoms with van der Waals surface area (Å²) in [7, 11) is -2.55. The van der Waals surface area contributed by atoms with Gasteiger partial charge in [-0.05, 0) is 48.4 Å². The molecular weight excluding hydrogens is 512 g/mol. The standard InChI is InChI=1S/C25H20F4N4O3S/c1-33-22(8-11-31-33)20-13-15(25(27,28)29)4-6-17(20)18-9-12-36-23-14-16(5-7-19(18)23)37(34,35)32-24-21(26)3-2-10-30-24/h2-8,10-11,13-14,18H,9,12H2,1H3,(H,30,32)/t18-/m0/s1. The summed E-state index contributed by atoms with van der Waals surface area (Å²) in [5.74, 6) is -1.36. The zero-order chi connectivity index (χ0) is 26.4. The average molecular weight is 533 g/mol. The number of aromatic nitrogens is 3. The van der Waals surface area contributed by atoms with Gasteiger partial charge in [-0.25, -0.2) is 17.8 Å². The third-order valence-electron chi connectivity index (χ3n) is 6.18. The third-order valence-corrected chi connectivity index (χ3v) is 7.51. The number of benzene rings is 2. The number of rotatable bonds is 5. The fourth-order valence-corrected chi connectivity index (χ4v) is 5.44. The molecule has 0 unspecified atom stereocenters. The van der Waals surface area contributed by atoms with Gasteiger partial charge in [0.2, 0.25) is 0 Å². The highest BCUT2D eigenvalue weighted by Gasteiger charge is 2.34. The lowest BCUT2D eigenvalue weighted by Crippen LogP contribution is -2.19. The van der Waals surface area contributed by atoms with Gasteiger partial charge in [0.1, 0.15) is 5.75 Å². The summed E-state index contributed by atoms with van der Waals surface area (Å²) < 4.78 is 89.6. The van der Waals surface area contributed by atoms with E-state index in [0.717, 1.165) is 18.2 Å². The van der Waals surface area contributed by atoms with Gasteiger partial charge in [0.25, 0.3) is 10.0 Å². The Balaban J connectivity index is 1.56. The summed E-state index contributed by atoms with van der Waals surface area (Å²) >= 11 is 0. The summed E-state index contributed by atoms with van der Waals surface area (Å²) in [6.07, 6.45) is -1.30. The largest absolute Gasteiger partial charge is 0.493 e. The first kappa shape index (κ1) is 24.8. The maximum Gasteiger partial charge on any atom is 0.416 e. The van der Waals surface area contributed by atoms with E-state index in [1.54, 1.807) is 19.2 Å². The highest BCUT2D eigenvalue weighted by atomic mass is 32.2. The normalized spacial score (nSPS) is 15.6. The maximum absolute atomic E-state index is 13.9. The number of anilines is 1. The number of nitrogens with one attached hydrogen (secondary N) is 1. The lowest BCUT2D eigenvalue weighted by atomic mass is 9.83. The van der Waals surface area contributed by atoms with Crippen LogP contribution in [0.25, 0.3) is 11.3 Å². The van der Waals surface area contributed by atoms with Crippen LogP contribution in [0.5, 0.6) is 5.75 Å². The molecule has 4 aromatic rings. The number of halogens is 4. The van der Waals surface area contributed by atoms with Gasteiger partial charge in [-0.1, -0.05) is 12.1 Å². The van der Waals surface area contributed by atoms with Crippen molar-refractivity contribution in [2.75, 3.05) is 11.3 Å². The third kappa shape index (κ3) is 4.76. The van der Waals surface area contributed by atoms with Gasteiger partial charge in [0, 0.05) is 42.6 Å². The van der Waals surface area contributed by atoms with Crippen LogP contribution in [0.2, 0.25) is 0 Å². The molecule has 0 amide bonds. The molecule has 37 heavy (non-hydrogen) atoms. The molecule has 0 bridgehead atoms. The van der Waals surface area contributed by atoms with Crippen molar-refractivity contribution in [2.24, 2.45) is 7.05 Å². The van der Waals surface area contributed by atoms with Gasteiger partial charge in [0.15, 0.2) is 11.6 Å². The first-order valence-corrected chi connectivity index (χ1v) is 12.6. The molecule has 1 N–H and O–H groups in total. The van der Waals surface area contributed by atoms with Crippen LogP contribution in [0.3, 0.4) is 0 Å². The first-order valence-electron chi connectivity index (χ1n) is 11.1. The van der Waals surface area contributed by atoms with Crippen molar-refractivity contribution in [3.05, 3.63) is 89.5 Å². The number of sulfonamides is 1. The Bertz CT molecular complexity index is 1590. The van der Waals surface area contributed by atoms with Crippen LogP contribution in [0.15, 0.2) is 71.9 Å². The number of ether oxygens (including phenoxy) is 1. The van der Waals surface area contributed by atoms with Crippen LogP contribution in [-0.2, 0) is 23.2 Å². The lowest BCUT2D eigenvalue weighted by Gasteiger charge is -2.28. The maximum atomic E-state index is 13.9. The Morgan fingerprint density at radius 2 is 1.84 bits per heavy atom. The molecule has 0 saturated carbocycles. The number of aryl methyl sites for hydroxylation is 1. The Morgan fingerprint density at radius 1 is 1.05 bits per heavy atom. The predicted molar refractivity (Wildman–Crippen MR) is 127 cm³/mol. The molecule has 12 heteroatoms. The van der Waals surface area contributed by atoms with E-state index in [1.165, 1.54) is 41.3 Å². The van der Waals surface area contributed by atoms with E-state index >= 15 is 0 Å². The van der Waals surface area contributed by atoms with E-state index in [0.29, 0.717) is 28.8 Å². The van der Waals surface area contributed by atoms with E-state index in [-0.39, 0.29) is 23.2 Å². The molecule has 3 heterocycles. The molecule has 1 atom stereocenters. The molecule has 0 fully saturated rings. The summed E-state index contributed by atoms with van der Waals surface area (Å²) in [6.45, 7) is 0.218. The second kappa shape index (κ2) is 9.18. The van der Waals surface area contributed by atoms with Gasteiger partial charge < -0.3 is 4.74 Å². The fourth-order valence-electron chi connectivity index (χ4n) is 4.40. The molecule has 0 spiro atoms. The van der Waals surface area contributed by atoms with Gasteiger partial charge in [0.05, 0.1) is 22.8 Å². The van der Waals surface area contributed by atoms with Crippen LogP contribution < -0.4 is 9.46 Å².